The number of carbonyl (C=O) groups is 2. The van der Waals surface area contributed by atoms with Crippen molar-refractivity contribution in [2.45, 2.75) is 108 Å². The lowest BCUT2D eigenvalue weighted by atomic mass is 9.95. The first-order valence-electron chi connectivity index (χ1n) is 10.8. The van der Waals surface area contributed by atoms with Gasteiger partial charge in [-0.3, -0.25) is 4.79 Å². The monoisotopic (exact) mass is 481 g/mol. The molecule has 2 rings (SSSR count). The SMILES string of the molecule is CC(=O)NC1C(OC2C(C(=O)O)OC(OC(C)C)C(O)C2O)OC(CO)C(O)C1OC(C)C. The Balaban J connectivity index is 2.35. The molecule has 0 aromatic carbocycles. The molecule has 192 valence electrons. The van der Waals surface area contributed by atoms with Gasteiger partial charge in [-0.2, -0.15) is 0 Å². The van der Waals surface area contributed by atoms with E-state index in [0.717, 1.165) is 0 Å². The molecule has 0 aromatic rings. The first-order valence-corrected chi connectivity index (χ1v) is 10.8. The number of carboxylic acid groups (broad SMARTS) is 1. The molecule has 13 nitrogen and oxygen atoms in total. The molecule has 10 unspecified atom stereocenters. The zero-order valence-corrected chi connectivity index (χ0v) is 19.2. The maximum atomic E-state index is 11.9. The highest BCUT2D eigenvalue weighted by Gasteiger charge is 2.54. The van der Waals surface area contributed by atoms with Gasteiger partial charge < -0.3 is 54.5 Å². The first-order chi connectivity index (χ1) is 15.4. The summed E-state index contributed by atoms with van der Waals surface area (Å²) in [5.74, 6) is -2.02. The Kier molecular flexibility index (Phi) is 9.96. The van der Waals surface area contributed by atoms with Crippen molar-refractivity contribution >= 4 is 11.9 Å². The number of aliphatic hydroxyl groups is 4. The maximum Gasteiger partial charge on any atom is 0.335 e. The van der Waals surface area contributed by atoms with Crippen LogP contribution in [0.15, 0.2) is 0 Å². The molecule has 2 aliphatic rings. The number of ether oxygens (including phenoxy) is 5. The Morgan fingerprint density at radius 1 is 0.909 bits per heavy atom. The van der Waals surface area contributed by atoms with E-state index in [1.807, 2.05) is 0 Å². The molecule has 0 aromatic heterocycles. The molecular formula is C20H35NO12. The number of carboxylic acids is 1. The molecule has 6 N–H and O–H groups in total. The summed E-state index contributed by atoms with van der Waals surface area (Å²) in [7, 11) is 0. The molecule has 10 atom stereocenters. The summed E-state index contributed by atoms with van der Waals surface area (Å²) in [6, 6.07) is -1.15. The molecule has 0 saturated carbocycles. The molecular weight excluding hydrogens is 446 g/mol. The van der Waals surface area contributed by atoms with Gasteiger partial charge in [0.1, 0.15) is 42.7 Å². The molecule has 0 aliphatic carbocycles. The van der Waals surface area contributed by atoms with Crippen LogP contribution in [-0.4, -0.2) is 118 Å². The van der Waals surface area contributed by atoms with Crippen LogP contribution < -0.4 is 5.32 Å². The van der Waals surface area contributed by atoms with E-state index < -0.39 is 92.0 Å². The molecule has 2 fully saturated rings. The number of aliphatic carboxylic acids is 1. The van der Waals surface area contributed by atoms with Gasteiger partial charge >= 0.3 is 5.97 Å². The molecule has 2 saturated heterocycles. The van der Waals surface area contributed by atoms with Gasteiger partial charge in [-0.15, -0.1) is 0 Å². The summed E-state index contributed by atoms with van der Waals surface area (Å²) in [5.41, 5.74) is 0. The van der Waals surface area contributed by atoms with Crippen LogP contribution in [0.5, 0.6) is 0 Å². The fraction of sp³-hybridized carbons (Fsp3) is 0.900. The predicted octanol–water partition coefficient (Wildman–Crippen LogP) is -2.30. The molecule has 0 radical (unpaired) electrons. The van der Waals surface area contributed by atoms with Crippen molar-refractivity contribution in [3.63, 3.8) is 0 Å². The highest BCUT2D eigenvalue weighted by Crippen LogP contribution is 2.31. The highest BCUT2D eigenvalue weighted by molar-refractivity contribution is 5.74. The molecule has 2 heterocycles. The minimum absolute atomic E-state index is 0.398. The van der Waals surface area contributed by atoms with Crippen molar-refractivity contribution < 1.29 is 58.8 Å². The minimum atomic E-state index is -1.77. The quantitative estimate of drug-likeness (QED) is 0.207. The van der Waals surface area contributed by atoms with Crippen LogP contribution in [0.25, 0.3) is 0 Å². The van der Waals surface area contributed by atoms with Crippen molar-refractivity contribution in [2.24, 2.45) is 0 Å². The summed E-state index contributed by atoms with van der Waals surface area (Å²) in [6.07, 6.45) is -14.2. The van der Waals surface area contributed by atoms with E-state index in [0.29, 0.717) is 0 Å². The number of amides is 1. The summed E-state index contributed by atoms with van der Waals surface area (Å²) < 4.78 is 27.8. The van der Waals surface area contributed by atoms with Gasteiger partial charge in [0.15, 0.2) is 18.7 Å². The third-order valence-corrected chi connectivity index (χ3v) is 5.14. The van der Waals surface area contributed by atoms with Gasteiger partial charge in [0, 0.05) is 6.92 Å². The normalized spacial score (nSPS) is 39.6. The molecule has 1 amide bonds. The van der Waals surface area contributed by atoms with E-state index in [9.17, 15) is 35.1 Å². The Morgan fingerprint density at radius 2 is 1.52 bits per heavy atom. The lowest BCUT2D eigenvalue weighted by Crippen LogP contribution is -2.68. The van der Waals surface area contributed by atoms with Crippen LogP contribution >= 0.6 is 0 Å². The standard InChI is InChI=1S/C20H35NO12/c1-7(2)29-15-11(21-9(5)23)19(31-10(6-22)12(15)24)32-16-13(25)14(26)20(30-8(3)4)33-17(16)18(27)28/h7-8,10-17,19-20,22,24-26H,6H2,1-5H3,(H,21,23)(H,27,28). The van der Waals surface area contributed by atoms with E-state index >= 15 is 0 Å². The van der Waals surface area contributed by atoms with Crippen molar-refractivity contribution in [2.75, 3.05) is 6.61 Å². The predicted molar refractivity (Wildman–Crippen MR) is 109 cm³/mol. The average Bonchev–Trinajstić information content (AvgIpc) is 2.70. The van der Waals surface area contributed by atoms with Crippen LogP contribution in [-0.2, 0) is 33.3 Å². The summed E-state index contributed by atoms with van der Waals surface area (Å²) in [5, 5.41) is 53.5. The first kappa shape index (κ1) is 27.8. The Hall–Kier alpha value is -1.42. The van der Waals surface area contributed by atoms with Gasteiger partial charge in [-0.1, -0.05) is 0 Å². The molecule has 0 bridgehead atoms. The highest BCUT2D eigenvalue weighted by atomic mass is 16.7. The number of aliphatic hydroxyl groups excluding tert-OH is 4. The Bertz CT molecular complexity index is 661. The van der Waals surface area contributed by atoms with E-state index in [-0.39, 0.29) is 0 Å². The van der Waals surface area contributed by atoms with E-state index in [4.69, 9.17) is 23.7 Å². The van der Waals surface area contributed by atoms with Gasteiger partial charge in [-0.05, 0) is 27.7 Å². The number of rotatable bonds is 9. The van der Waals surface area contributed by atoms with Crippen molar-refractivity contribution in [1.29, 1.82) is 0 Å². The van der Waals surface area contributed by atoms with Crippen molar-refractivity contribution in [3.8, 4) is 0 Å². The topological polar surface area (TPSA) is 193 Å². The largest absolute Gasteiger partial charge is 0.479 e. The zero-order chi connectivity index (χ0) is 25.0. The van der Waals surface area contributed by atoms with Crippen LogP contribution in [0.2, 0.25) is 0 Å². The van der Waals surface area contributed by atoms with Gasteiger partial charge in [0.05, 0.1) is 18.8 Å². The second-order valence-electron chi connectivity index (χ2n) is 8.62. The van der Waals surface area contributed by atoms with E-state index in [1.54, 1.807) is 27.7 Å². The van der Waals surface area contributed by atoms with Crippen LogP contribution in [0.4, 0.5) is 0 Å². The smallest absolute Gasteiger partial charge is 0.335 e. The molecule has 0 spiro atoms. The third kappa shape index (κ3) is 6.81. The fourth-order valence-corrected chi connectivity index (χ4v) is 3.77. The summed E-state index contributed by atoms with van der Waals surface area (Å²) >= 11 is 0. The van der Waals surface area contributed by atoms with E-state index in [1.165, 1.54) is 6.92 Å². The number of nitrogens with one attached hydrogen (secondary N) is 1. The van der Waals surface area contributed by atoms with Crippen LogP contribution in [0.3, 0.4) is 0 Å². The third-order valence-electron chi connectivity index (χ3n) is 5.14. The average molecular weight is 481 g/mol. The number of carbonyl (C=O) groups excluding carboxylic acids is 1. The van der Waals surface area contributed by atoms with Gasteiger partial charge in [-0.25, -0.2) is 4.79 Å². The van der Waals surface area contributed by atoms with Crippen molar-refractivity contribution in [3.05, 3.63) is 0 Å². The zero-order valence-electron chi connectivity index (χ0n) is 19.2. The molecule has 33 heavy (non-hydrogen) atoms. The van der Waals surface area contributed by atoms with Crippen LogP contribution in [0, 0.1) is 0 Å². The van der Waals surface area contributed by atoms with Crippen molar-refractivity contribution in [1.82, 2.24) is 5.32 Å². The molecule has 2 aliphatic heterocycles. The fourth-order valence-electron chi connectivity index (χ4n) is 3.77. The Morgan fingerprint density at radius 3 is 2.00 bits per heavy atom. The Labute approximate surface area is 191 Å². The lowest BCUT2D eigenvalue weighted by molar-refractivity contribution is -0.346. The minimum Gasteiger partial charge on any atom is -0.479 e. The van der Waals surface area contributed by atoms with Crippen LogP contribution in [0.1, 0.15) is 34.6 Å². The van der Waals surface area contributed by atoms with E-state index in [2.05, 4.69) is 5.32 Å². The lowest BCUT2D eigenvalue weighted by Gasteiger charge is -2.48. The molecule has 13 heteroatoms. The number of hydrogen-bond donors (Lipinski definition) is 6. The summed E-state index contributed by atoms with van der Waals surface area (Å²) in [4.78, 5) is 23.7. The number of hydrogen-bond acceptors (Lipinski definition) is 11. The summed E-state index contributed by atoms with van der Waals surface area (Å²) in [6.45, 7) is 7.26. The second kappa shape index (κ2) is 11.8. The van der Waals surface area contributed by atoms with Gasteiger partial charge in [0.25, 0.3) is 0 Å². The van der Waals surface area contributed by atoms with Gasteiger partial charge in [0.2, 0.25) is 5.91 Å². The maximum absolute atomic E-state index is 11.9. The second-order valence-corrected chi connectivity index (χ2v) is 8.62.